The molecule has 2 saturated heterocycles. The van der Waals surface area contributed by atoms with Crippen LogP contribution in [0.1, 0.15) is 47.0 Å². The van der Waals surface area contributed by atoms with Gasteiger partial charge in [-0.05, 0) is 69.2 Å². The number of hydrogen-bond acceptors (Lipinski definition) is 4. The van der Waals surface area contributed by atoms with Crippen molar-refractivity contribution in [3.8, 4) is 0 Å². The largest absolute Gasteiger partial charge is 0.371 e. The van der Waals surface area contributed by atoms with Gasteiger partial charge in [0, 0.05) is 43.6 Å². The third-order valence-corrected chi connectivity index (χ3v) is 7.99. The average molecular weight is 437 g/mol. The molecule has 1 aromatic carbocycles. The van der Waals surface area contributed by atoms with Gasteiger partial charge in [-0.1, -0.05) is 13.8 Å². The monoisotopic (exact) mass is 436 g/mol. The van der Waals surface area contributed by atoms with Crippen LogP contribution in [0.15, 0.2) is 24.3 Å². The molecule has 0 radical (unpaired) electrons. The molecule has 8 heteroatoms. The summed E-state index contributed by atoms with van der Waals surface area (Å²) in [5, 5.41) is 2.52. The van der Waals surface area contributed by atoms with E-state index in [0.29, 0.717) is 37.8 Å². The van der Waals surface area contributed by atoms with Crippen molar-refractivity contribution < 1.29 is 13.2 Å². The van der Waals surface area contributed by atoms with Gasteiger partial charge in [-0.15, -0.1) is 0 Å². The molecule has 0 unspecified atom stereocenters. The molecule has 0 bridgehead atoms. The summed E-state index contributed by atoms with van der Waals surface area (Å²) in [6.45, 7) is 11.2. The van der Waals surface area contributed by atoms with Crippen LogP contribution in [-0.2, 0) is 10.0 Å². The second-order valence-electron chi connectivity index (χ2n) is 9.30. The Balaban J connectivity index is 1.50. The van der Waals surface area contributed by atoms with Crippen molar-refractivity contribution in [2.45, 2.75) is 58.2 Å². The van der Waals surface area contributed by atoms with Crippen molar-refractivity contribution in [3.05, 3.63) is 24.3 Å². The molecule has 0 spiro atoms. The van der Waals surface area contributed by atoms with Crippen LogP contribution in [0.5, 0.6) is 0 Å². The van der Waals surface area contributed by atoms with Crippen molar-refractivity contribution in [1.29, 1.82) is 0 Å². The number of hydrogen-bond donors (Lipinski definition) is 2. The quantitative estimate of drug-likeness (QED) is 0.740. The standard InChI is InChI=1S/C22H36N4O3S/c1-16(2)30(28,29)24-20-9-11-25(12-10-20)22(27)23-19-5-7-21(8-6-19)26-14-17(3)13-18(4)15-26/h5-8,16-18,20,24H,9-15H2,1-4H3,(H,23,27)/t17-,18-/m1/s1. The Morgan fingerprint density at radius 2 is 1.60 bits per heavy atom. The number of carbonyl (C=O) groups is 1. The first-order chi connectivity index (χ1) is 14.1. The van der Waals surface area contributed by atoms with E-state index in [4.69, 9.17) is 0 Å². The molecule has 2 amide bonds. The van der Waals surface area contributed by atoms with Gasteiger partial charge in [0.2, 0.25) is 10.0 Å². The van der Waals surface area contributed by atoms with Gasteiger partial charge < -0.3 is 15.1 Å². The smallest absolute Gasteiger partial charge is 0.321 e. The van der Waals surface area contributed by atoms with Crippen LogP contribution in [-0.4, -0.2) is 56.8 Å². The molecule has 168 valence electrons. The highest BCUT2D eigenvalue weighted by Gasteiger charge is 2.27. The highest BCUT2D eigenvalue weighted by molar-refractivity contribution is 7.90. The second kappa shape index (κ2) is 9.56. The summed E-state index contributed by atoms with van der Waals surface area (Å²) in [6.07, 6.45) is 2.54. The Labute approximate surface area is 181 Å². The van der Waals surface area contributed by atoms with E-state index in [2.05, 4.69) is 40.9 Å². The van der Waals surface area contributed by atoms with Crippen LogP contribution >= 0.6 is 0 Å². The summed E-state index contributed by atoms with van der Waals surface area (Å²) in [7, 11) is -3.28. The van der Waals surface area contributed by atoms with Crippen LogP contribution in [0.3, 0.4) is 0 Å². The number of carbonyl (C=O) groups excluding carboxylic acids is 1. The summed E-state index contributed by atoms with van der Waals surface area (Å²) in [4.78, 5) is 16.8. The summed E-state index contributed by atoms with van der Waals surface area (Å²) >= 11 is 0. The molecule has 0 aliphatic carbocycles. The summed E-state index contributed by atoms with van der Waals surface area (Å²) in [6, 6.07) is 7.84. The molecule has 0 aromatic heterocycles. The Hall–Kier alpha value is -1.80. The Kier molecular flexibility index (Phi) is 7.29. The molecule has 30 heavy (non-hydrogen) atoms. The van der Waals surface area contributed by atoms with E-state index >= 15 is 0 Å². The zero-order valence-electron chi connectivity index (χ0n) is 18.6. The lowest BCUT2D eigenvalue weighted by molar-refractivity contribution is 0.193. The zero-order chi connectivity index (χ0) is 21.9. The normalized spacial score (nSPS) is 23.6. The van der Waals surface area contributed by atoms with Gasteiger partial charge in [0.05, 0.1) is 5.25 Å². The van der Waals surface area contributed by atoms with E-state index in [1.165, 1.54) is 12.1 Å². The molecular formula is C22H36N4O3S. The Morgan fingerprint density at radius 1 is 1.03 bits per heavy atom. The van der Waals surface area contributed by atoms with Gasteiger partial charge in [-0.2, -0.15) is 0 Å². The second-order valence-corrected chi connectivity index (χ2v) is 11.6. The number of urea groups is 1. The van der Waals surface area contributed by atoms with E-state index in [1.54, 1.807) is 18.7 Å². The lowest BCUT2D eigenvalue weighted by Crippen LogP contribution is -2.48. The first-order valence-electron chi connectivity index (χ1n) is 11.1. The fourth-order valence-electron chi connectivity index (χ4n) is 4.40. The van der Waals surface area contributed by atoms with Gasteiger partial charge in [0.15, 0.2) is 0 Å². The fraction of sp³-hybridized carbons (Fsp3) is 0.682. The van der Waals surface area contributed by atoms with Gasteiger partial charge in [-0.3, -0.25) is 0 Å². The molecule has 2 N–H and O–H groups in total. The third-order valence-electron chi connectivity index (χ3n) is 6.09. The predicted octanol–water partition coefficient (Wildman–Crippen LogP) is 3.49. The topological polar surface area (TPSA) is 81.8 Å². The van der Waals surface area contributed by atoms with Crippen LogP contribution in [0.4, 0.5) is 16.2 Å². The highest BCUT2D eigenvalue weighted by Crippen LogP contribution is 2.27. The van der Waals surface area contributed by atoms with E-state index < -0.39 is 15.3 Å². The predicted molar refractivity (Wildman–Crippen MR) is 122 cm³/mol. The van der Waals surface area contributed by atoms with E-state index in [9.17, 15) is 13.2 Å². The maximum atomic E-state index is 12.6. The minimum atomic E-state index is -3.28. The number of amides is 2. The molecule has 0 saturated carbocycles. The third kappa shape index (κ3) is 5.88. The van der Waals surface area contributed by atoms with Crippen LogP contribution in [0.25, 0.3) is 0 Å². The molecule has 2 aliphatic rings. The SMILES string of the molecule is CC(C)S(=O)(=O)NC1CCN(C(=O)Nc2ccc(N3C[C@H](C)C[C@@H](C)C3)cc2)CC1. The van der Waals surface area contributed by atoms with E-state index in [-0.39, 0.29) is 12.1 Å². The number of nitrogens with zero attached hydrogens (tertiary/aromatic N) is 2. The maximum Gasteiger partial charge on any atom is 0.321 e. The lowest BCUT2D eigenvalue weighted by atomic mass is 9.91. The number of piperidine rings is 2. The number of anilines is 2. The minimum absolute atomic E-state index is 0.102. The summed E-state index contributed by atoms with van der Waals surface area (Å²) < 4.78 is 26.8. The first-order valence-corrected chi connectivity index (χ1v) is 12.6. The van der Waals surface area contributed by atoms with Crippen molar-refractivity contribution >= 4 is 27.4 Å². The molecule has 1 aromatic rings. The number of benzene rings is 1. The maximum absolute atomic E-state index is 12.6. The van der Waals surface area contributed by atoms with Crippen LogP contribution < -0.4 is 14.9 Å². The van der Waals surface area contributed by atoms with Gasteiger partial charge in [0.1, 0.15) is 0 Å². The van der Waals surface area contributed by atoms with Crippen molar-refractivity contribution in [3.63, 3.8) is 0 Å². The highest BCUT2D eigenvalue weighted by atomic mass is 32.2. The minimum Gasteiger partial charge on any atom is -0.371 e. The first kappa shape index (κ1) is 22.9. The summed E-state index contributed by atoms with van der Waals surface area (Å²) in [5.41, 5.74) is 1.98. The Bertz CT molecular complexity index is 807. The van der Waals surface area contributed by atoms with Crippen molar-refractivity contribution in [1.82, 2.24) is 9.62 Å². The molecule has 2 aliphatic heterocycles. The number of sulfonamides is 1. The summed E-state index contributed by atoms with van der Waals surface area (Å²) in [5.74, 6) is 1.39. The number of likely N-dealkylation sites (tertiary alicyclic amines) is 1. The zero-order valence-corrected chi connectivity index (χ0v) is 19.4. The average Bonchev–Trinajstić information content (AvgIpc) is 2.68. The number of rotatable bonds is 5. The van der Waals surface area contributed by atoms with Crippen molar-refractivity contribution in [2.24, 2.45) is 11.8 Å². The molecule has 2 atom stereocenters. The van der Waals surface area contributed by atoms with Gasteiger partial charge in [0.25, 0.3) is 0 Å². The molecule has 3 rings (SSSR count). The van der Waals surface area contributed by atoms with E-state index in [1.807, 2.05) is 12.1 Å². The van der Waals surface area contributed by atoms with Crippen LogP contribution in [0, 0.1) is 11.8 Å². The van der Waals surface area contributed by atoms with E-state index in [0.717, 1.165) is 18.8 Å². The number of nitrogens with one attached hydrogen (secondary N) is 2. The van der Waals surface area contributed by atoms with Gasteiger partial charge in [-0.25, -0.2) is 17.9 Å². The molecule has 2 fully saturated rings. The van der Waals surface area contributed by atoms with Crippen molar-refractivity contribution in [2.75, 3.05) is 36.4 Å². The fourth-order valence-corrected chi connectivity index (χ4v) is 5.37. The van der Waals surface area contributed by atoms with Crippen LogP contribution in [0.2, 0.25) is 0 Å². The molecule has 7 nitrogen and oxygen atoms in total. The lowest BCUT2D eigenvalue weighted by Gasteiger charge is -2.36. The molecular weight excluding hydrogens is 400 g/mol. The van der Waals surface area contributed by atoms with Gasteiger partial charge >= 0.3 is 6.03 Å². The molecule has 2 heterocycles. The Morgan fingerprint density at radius 3 is 2.13 bits per heavy atom.